The summed E-state index contributed by atoms with van der Waals surface area (Å²) in [6.45, 7) is 4.56. The third kappa shape index (κ3) is 13.5. The lowest BCUT2D eigenvalue weighted by molar-refractivity contribution is -0.116. The van der Waals surface area contributed by atoms with Gasteiger partial charge in [0.25, 0.3) is 20.2 Å². The van der Waals surface area contributed by atoms with Crippen LogP contribution in [0.1, 0.15) is 6.42 Å². The van der Waals surface area contributed by atoms with Crippen LogP contribution >= 0.6 is 11.6 Å². The third-order valence-electron chi connectivity index (χ3n) is 6.02. The normalized spacial score (nSPS) is 17.9. The maximum absolute atomic E-state index is 13.5. The summed E-state index contributed by atoms with van der Waals surface area (Å²) in [5, 5.41) is 3.96. The van der Waals surface area contributed by atoms with Gasteiger partial charge in [-0.1, -0.05) is 11.6 Å². The van der Waals surface area contributed by atoms with Crippen molar-refractivity contribution in [2.24, 2.45) is 0 Å². The number of methoxy groups -OCH3 is 1. The number of nitrogens with zero attached hydrogens (tertiary/aromatic N) is 3. The van der Waals surface area contributed by atoms with Crippen molar-refractivity contribution in [1.82, 2.24) is 14.9 Å². The molecule has 0 bridgehead atoms. The Balaban J connectivity index is 0.000000560. The lowest BCUT2D eigenvalue weighted by Gasteiger charge is -2.24. The van der Waals surface area contributed by atoms with Crippen LogP contribution in [-0.4, -0.2) is 118 Å². The molecule has 0 unspecified atom stereocenters. The zero-order valence-electron chi connectivity index (χ0n) is 24.6. The van der Waals surface area contributed by atoms with E-state index in [0.717, 1.165) is 31.4 Å². The predicted molar refractivity (Wildman–Crippen MR) is 165 cm³/mol. The van der Waals surface area contributed by atoms with Gasteiger partial charge in [-0.3, -0.25) is 14.0 Å². The number of halogens is 2. The second kappa shape index (κ2) is 17.1. The van der Waals surface area contributed by atoms with Gasteiger partial charge in [0, 0.05) is 36.8 Å². The van der Waals surface area contributed by atoms with E-state index >= 15 is 0 Å². The zero-order chi connectivity index (χ0) is 32.5. The monoisotopic (exact) mass is 698 g/mol. The Morgan fingerprint density at radius 3 is 2.18 bits per heavy atom. The number of aromatic nitrogens is 2. The summed E-state index contributed by atoms with van der Waals surface area (Å²) in [5.41, 5.74) is 1.30. The molecule has 0 aliphatic carbocycles. The first kappa shape index (κ1) is 38.2. The second-order valence-electron chi connectivity index (χ2n) is 9.74. The van der Waals surface area contributed by atoms with Crippen LogP contribution < -0.4 is 14.8 Å². The summed E-state index contributed by atoms with van der Waals surface area (Å²) in [6.07, 6.45) is 4.09. The molecule has 0 radical (unpaired) electrons. The van der Waals surface area contributed by atoms with Crippen LogP contribution in [-0.2, 0) is 29.7 Å². The predicted octanol–water partition coefficient (Wildman–Crippen LogP) is 2.23. The summed E-state index contributed by atoms with van der Waals surface area (Å²) in [5.74, 6) is 1.27. The molecule has 3 aromatic rings. The van der Waals surface area contributed by atoms with E-state index in [1.54, 1.807) is 13.2 Å². The lowest BCUT2D eigenvalue weighted by Crippen LogP contribution is -2.36. The number of benzene rings is 2. The highest BCUT2D eigenvalue weighted by atomic mass is 35.5. The Kier molecular flexibility index (Phi) is 14.5. The van der Waals surface area contributed by atoms with Gasteiger partial charge in [-0.15, -0.1) is 0 Å². The van der Waals surface area contributed by atoms with Crippen molar-refractivity contribution >= 4 is 54.2 Å². The third-order valence-corrected chi connectivity index (χ3v) is 6.31. The molecule has 2 aliphatic heterocycles. The Bertz CT molecular complexity index is 1570. The largest absolute Gasteiger partial charge is 0.493 e. The van der Waals surface area contributed by atoms with Gasteiger partial charge in [0.1, 0.15) is 18.0 Å². The first-order valence-electron chi connectivity index (χ1n) is 13.1. The molecule has 2 saturated heterocycles. The molecule has 0 saturated carbocycles. The fourth-order valence-electron chi connectivity index (χ4n) is 4.34. The molecule has 2 fully saturated rings. The molecule has 2 aliphatic rings. The Morgan fingerprint density at radius 1 is 1.02 bits per heavy atom. The van der Waals surface area contributed by atoms with Crippen LogP contribution in [0.15, 0.2) is 36.7 Å². The van der Waals surface area contributed by atoms with Crippen molar-refractivity contribution in [3.63, 3.8) is 0 Å². The van der Waals surface area contributed by atoms with E-state index in [4.69, 9.17) is 39.7 Å². The highest BCUT2D eigenvalue weighted by Crippen LogP contribution is 2.35. The van der Waals surface area contributed by atoms with E-state index < -0.39 is 26.1 Å². The van der Waals surface area contributed by atoms with Crippen LogP contribution in [0.2, 0.25) is 5.02 Å². The molecule has 1 aromatic heterocycles. The van der Waals surface area contributed by atoms with Crippen molar-refractivity contribution in [3.8, 4) is 11.5 Å². The number of hydrogen-bond donors (Lipinski definition) is 3. The Morgan fingerprint density at radius 2 is 1.62 bits per heavy atom. The van der Waals surface area contributed by atoms with Gasteiger partial charge in [0.2, 0.25) is 0 Å². The van der Waals surface area contributed by atoms with Gasteiger partial charge >= 0.3 is 0 Å². The molecule has 15 nitrogen and oxygen atoms in total. The van der Waals surface area contributed by atoms with Crippen molar-refractivity contribution < 1.29 is 54.8 Å². The molecule has 0 amide bonds. The molecule has 5 N–H and O–H groups in total. The van der Waals surface area contributed by atoms with Crippen LogP contribution in [0.5, 0.6) is 11.5 Å². The highest BCUT2D eigenvalue weighted by Gasteiger charge is 2.36. The molecule has 45 heavy (non-hydrogen) atoms. The first-order chi connectivity index (χ1) is 20.6. The minimum Gasteiger partial charge on any atom is -0.493 e. The van der Waals surface area contributed by atoms with Gasteiger partial charge in [-0.05, 0) is 30.7 Å². The summed E-state index contributed by atoms with van der Waals surface area (Å²) in [6, 6.07) is 8.08. The average Bonchev–Trinajstić information content (AvgIpc) is 3.34. The summed E-state index contributed by atoms with van der Waals surface area (Å²) in [4.78, 5) is 11.0. The number of anilines is 2. The molecule has 2 aromatic carbocycles. The smallest absolute Gasteiger partial charge is 0.261 e. The summed E-state index contributed by atoms with van der Waals surface area (Å²) < 4.78 is 88.4. The average molecular weight is 699 g/mol. The maximum atomic E-state index is 13.5. The van der Waals surface area contributed by atoms with Crippen molar-refractivity contribution in [2.75, 3.05) is 64.4 Å². The summed E-state index contributed by atoms with van der Waals surface area (Å²) >= 11 is 5.91. The van der Waals surface area contributed by atoms with Gasteiger partial charge in [-0.2, -0.15) is 16.8 Å². The van der Waals surface area contributed by atoms with E-state index in [1.165, 1.54) is 18.5 Å². The quantitative estimate of drug-likeness (QED) is 0.227. The van der Waals surface area contributed by atoms with Crippen LogP contribution in [0, 0.1) is 5.82 Å². The summed E-state index contributed by atoms with van der Waals surface area (Å²) in [7, 11) is -5.74. The second-order valence-corrected chi connectivity index (χ2v) is 13.1. The molecule has 0 spiro atoms. The highest BCUT2D eigenvalue weighted by molar-refractivity contribution is 7.85. The molecule has 5 rings (SSSR count). The van der Waals surface area contributed by atoms with E-state index in [2.05, 4.69) is 20.2 Å². The number of fused-ring (bicyclic) bond motifs is 2. The zero-order valence-corrected chi connectivity index (χ0v) is 27.0. The fourth-order valence-corrected chi connectivity index (χ4v) is 4.52. The lowest BCUT2D eigenvalue weighted by atomic mass is 10.2. The minimum absolute atomic E-state index is 0. The van der Waals surface area contributed by atoms with Crippen molar-refractivity contribution in [3.05, 3.63) is 47.5 Å². The Hall–Kier alpha value is -2.94. The number of hydrogen-bond acceptors (Lipinski definition) is 12. The van der Waals surface area contributed by atoms with Gasteiger partial charge in [0.05, 0.1) is 62.2 Å². The van der Waals surface area contributed by atoms with Crippen LogP contribution in [0.25, 0.3) is 10.9 Å². The molecular weight excluding hydrogens is 663 g/mol. The van der Waals surface area contributed by atoms with E-state index in [0.29, 0.717) is 60.9 Å². The number of likely N-dealkylation sites (tertiary alicyclic amines) is 1. The standard InChI is InChI=1S/C24H26ClFN4O4.2CH4O3S.H2O/c1-31-20-11-19-16(24(28-14-27-19)29-15-3-4-18(26)17(25)9-15)10-21(20)32-6-2-5-30-12-22-23(13-30)34-8-7-33-22;2*1-5(2,3)4;/h3-4,9-11,14,22-23H,2,5-8,12-13H2,1H3,(H,27,28,29);2*1H3,(H,2,3,4);1H2/t22-,23+;;;. The molecule has 3 heterocycles. The fraction of sp³-hybridized carbons (Fsp3) is 0.462. The Labute approximate surface area is 265 Å². The molecule has 2 atom stereocenters. The number of nitrogens with one attached hydrogen (secondary N) is 1. The number of ether oxygens (including phenoxy) is 4. The molecule has 19 heteroatoms. The van der Waals surface area contributed by atoms with Crippen molar-refractivity contribution in [1.29, 1.82) is 0 Å². The first-order valence-corrected chi connectivity index (χ1v) is 17.2. The van der Waals surface area contributed by atoms with E-state index in [-0.39, 0.29) is 22.7 Å². The van der Waals surface area contributed by atoms with E-state index in [9.17, 15) is 21.2 Å². The van der Waals surface area contributed by atoms with Gasteiger partial charge in [0.15, 0.2) is 11.5 Å². The number of rotatable bonds is 8. The van der Waals surface area contributed by atoms with Crippen LogP contribution in [0.4, 0.5) is 15.9 Å². The molecule has 252 valence electrons. The van der Waals surface area contributed by atoms with Gasteiger partial charge < -0.3 is 29.7 Å². The maximum Gasteiger partial charge on any atom is 0.261 e. The minimum atomic E-state index is -3.67. The van der Waals surface area contributed by atoms with Gasteiger partial charge in [-0.25, -0.2) is 14.4 Å². The SMILES string of the molecule is COc1cc2ncnc(Nc3ccc(F)c(Cl)c3)c2cc1OCCCN1C[C@@H]2OCCO[C@@H]2C1.CS(=O)(=O)O.CS(=O)(=O)O.O. The topological polar surface area (TPSA) is 218 Å². The van der Waals surface area contributed by atoms with Crippen molar-refractivity contribution in [2.45, 2.75) is 18.6 Å². The molecular formula is C26H36ClFN4O11S2. The van der Waals surface area contributed by atoms with Crippen LogP contribution in [0.3, 0.4) is 0 Å². The van der Waals surface area contributed by atoms with E-state index in [1.807, 2.05) is 12.1 Å².